The third kappa shape index (κ3) is 3.77. The molecule has 0 aromatic heterocycles. The van der Waals surface area contributed by atoms with Crippen LogP contribution in [0.4, 0.5) is 0 Å². The molecule has 1 aliphatic rings. The molecule has 1 atom stereocenters. The summed E-state index contributed by atoms with van der Waals surface area (Å²) in [6.45, 7) is 6.01. The molecule has 3 N–H and O–H groups in total. The smallest absolute Gasteiger partial charge is 0.222 e. The van der Waals surface area contributed by atoms with Crippen LogP contribution in [0.1, 0.15) is 13.3 Å². The van der Waals surface area contributed by atoms with Gasteiger partial charge in [-0.15, -0.1) is 0 Å². The van der Waals surface area contributed by atoms with Crippen molar-refractivity contribution in [3.63, 3.8) is 0 Å². The van der Waals surface area contributed by atoms with Crippen LogP contribution in [0.15, 0.2) is 0 Å². The summed E-state index contributed by atoms with van der Waals surface area (Å²) in [5.74, 6) is 0.217. The molecule has 88 valence electrons. The normalized spacial score (nSPS) is 20.3. The minimum atomic E-state index is -0.446. The standard InChI is InChI=1S/C10H21N3O2/c1-2-10(15)13-5-3-12(4-6-13)8-9(14)7-11/h9,14H,2-8,11H2,1H3. The van der Waals surface area contributed by atoms with Crippen LogP contribution < -0.4 is 5.73 Å². The Hall–Kier alpha value is -0.650. The van der Waals surface area contributed by atoms with Gasteiger partial charge in [-0.25, -0.2) is 0 Å². The van der Waals surface area contributed by atoms with Crippen LogP contribution in [0.5, 0.6) is 0 Å². The van der Waals surface area contributed by atoms with E-state index in [2.05, 4.69) is 4.90 Å². The van der Waals surface area contributed by atoms with Gasteiger partial charge in [0.05, 0.1) is 6.10 Å². The highest BCUT2D eigenvalue weighted by Crippen LogP contribution is 2.04. The Balaban J connectivity index is 2.26. The van der Waals surface area contributed by atoms with E-state index in [1.807, 2.05) is 11.8 Å². The van der Waals surface area contributed by atoms with Crippen molar-refractivity contribution in [2.24, 2.45) is 5.73 Å². The van der Waals surface area contributed by atoms with Crippen molar-refractivity contribution in [1.82, 2.24) is 9.80 Å². The first-order valence-electron chi connectivity index (χ1n) is 5.55. The molecule has 5 nitrogen and oxygen atoms in total. The van der Waals surface area contributed by atoms with Gasteiger partial charge in [0.25, 0.3) is 0 Å². The molecule has 0 bridgehead atoms. The van der Waals surface area contributed by atoms with E-state index in [0.717, 1.165) is 26.2 Å². The Kier molecular flexibility index (Phi) is 5.01. The first kappa shape index (κ1) is 12.4. The fraction of sp³-hybridized carbons (Fsp3) is 0.900. The van der Waals surface area contributed by atoms with E-state index >= 15 is 0 Å². The zero-order chi connectivity index (χ0) is 11.3. The van der Waals surface area contributed by atoms with E-state index in [0.29, 0.717) is 19.5 Å². The van der Waals surface area contributed by atoms with E-state index in [9.17, 15) is 9.90 Å². The second-order valence-corrected chi connectivity index (χ2v) is 3.92. The second-order valence-electron chi connectivity index (χ2n) is 3.92. The number of aliphatic hydroxyl groups is 1. The van der Waals surface area contributed by atoms with Crippen molar-refractivity contribution < 1.29 is 9.90 Å². The number of aliphatic hydroxyl groups excluding tert-OH is 1. The Morgan fingerprint density at radius 3 is 2.47 bits per heavy atom. The number of carbonyl (C=O) groups excluding carboxylic acids is 1. The summed E-state index contributed by atoms with van der Waals surface area (Å²) in [5.41, 5.74) is 5.35. The summed E-state index contributed by atoms with van der Waals surface area (Å²) in [4.78, 5) is 15.4. The van der Waals surface area contributed by atoms with Gasteiger partial charge in [0.15, 0.2) is 0 Å². The molecular formula is C10H21N3O2. The molecule has 0 saturated carbocycles. The maximum absolute atomic E-state index is 11.4. The predicted molar refractivity (Wildman–Crippen MR) is 58.4 cm³/mol. The van der Waals surface area contributed by atoms with Crippen LogP contribution in [0, 0.1) is 0 Å². The summed E-state index contributed by atoms with van der Waals surface area (Å²) >= 11 is 0. The van der Waals surface area contributed by atoms with Crippen molar-refractivity contribution in [3.8, 4) is 0 Å². The van der Waals surface area contributed by atoms with Crippen LogP contribution in [-0.2, 0) is 4.79 Å². The molecule has 1 amide bonds. The molecule has 15 heavy (non-hydrogen) atoms. The van der Waals surface area contributed by atoms with Crippen LogP contribution in [-0.4, -0.2) is 66.2 Å². The fourth-order valence-corrected chi connectivity index (χ4v) is 1.78. The largest absolute Gasteiger partial charge is 0.390 e. The Morgan fingerprint density at radius 1 is 1.40 bits per heavy atom. The molecule has 1 aliphatic heterocycles. The van der Waals surface area contributed by atoms with Gasteiger partial charge < -0.3 is 15.7 Å². The summed E-state index contributed by atoms with van der Waals surface area (Å²) in [6, 6.07) is 0. The third-order valence-corrected chi connectivity index (χ3v) is 2.77. The summed E-state index contributed by atoms with van der Waals surface area (Å²) in [5, 5.41) is 9.38. The molecule has 0 radical (unpaired) electrons. The number of β-amino-alcohol motifs (C(OH)–C–C–N with tert-alkyl or cyclic N) is 1. The lowest BCUT2D eigenvalue weighted by atomic mass is 10.2. The van der Waals surface area contributed by atoms with Gasteiger partial charge in [-0.3, -0.25) is 9.69 Å². The Morgan fingerprint density at radius 2 is 2.00 bits per heavy atom. The number of rotatable bonds is 4. The number of amides is 1. The highest BCUT2D eigenvalue weighted by Gasteiger charge is 2.20. The zero-order valence-corrected chi connectivity index (χ0v) is 9.35. The topological polar surface area (TPSA) is 69.8 Å². The molecule has 0 aromatic carbocycles. The van der Waals surface area contributed by atoms with Crippen LogP contribution in [0.3, 0.4) is 0 Å². The van der Waals surface area contributed by atoms with E-state index in [4.69, 9.17) is 5.73 Å². The number of hydrogen-bond donors (Lipinski definition) is 2. The van der Waals surface area contributed by atoms with E-state index in [1.165, 1.54) is 0 Å². The zero-order valence-electron chi connectivity index (χ0n) is 9.35. The summed E-state index contributed by atoms with van der Waals surface area (Å²) in [7, 11) is 0. The van der Waals surface area contributed by atoms with Gasteiger partial charge >= 0.3 is 0 Å². The molecule has 0 aromatic rings. The molecule has 1 unspecified atom stereocenters. The van der Waals surface area contributed by atoms with Crippen molar-refractivity contribution in [2.75, 3.05) is 39.3 Å². The van der Waals surface area contributed by atoms with Crippen molar-refractivity contribution >= 4 is 5.91 Å². The molecule has 1 fully saturated rings. The third-order valence-electron chi connectivity index (χ3n) is 2.77. The maximum Gasteiger partial charge on any atom is 0.222 e. The molecular weight excluding hydrogens is 194 g/mol. The lowest BCUT2D eigenvalue weighted by Crippen LogP contribution is -2.50. The van der Waals surface area contributed by atoms with Gasteiger partial charge in [-0.05, 0) is 0 Å². The van der Waals surface area contributed by atoms with Gasteiger partial charge in [0.1, 0.15) is 0 Å². The minimum Gasteiger partial charge on any atom is -0.390 e. The lowest BCUT2D eigenvalue weighted by Gasteiger charge is -2.35. The monoisotopic (exact) mass is 215 g/mol. The molecule has 0 spiro atoms. The van der Waals surface area contributed by atoms with Crippen molar-refractivity contribution in [1.29, 1.82) is 0 Å². The first-order chi connectivity index (χ1) is 7.17. The number of carbonyl (C=O) groups is 1. The summed E-state index contributed by atoms with van der Waals surface area (Å²) < 4.78 is 0. The Labute approximate surface area is 90.8 Å². The van der Waals surface area contributed by atoms with Gasteiger partial charge in [0.2, 0.25) is 5.91 Å². The van der Waals surface area contributed by atoms with Gasteiger partial charge in [0, 0.05) is 45.7 Å². The minimum absolute atomic E-state index is 0.217. The number of hydrogen-bond acceptors (Lipinski definition) is 4. The van der Waals surface area contributed by atoms with E-state index in [-0.39, 0.29) is 5.91 Å². The molecule has 1 saturated heterocycles. The highest BCUT2D eigenvalue weighted by molar-refractivity contribution is 5.75. The molecule has 1 rings (SSSR count). The number of nitrogens with zero attached hydrogens (tertiary/aromatic N) is 2. The number of piperazine rings is 1. The number of nitrogens with two attached hydrogens (primary N) is 1. The Bertz CT molecular complexity index is 203. The molecule has 0 aliphatic carbocycles. The van der Waals surface area contributed by atoms with Crippen molar-refractivity contribution in [2.45, 2.75) is 19.4 Å². The average Bonchev–Trinajstić information content (AvgIpc) is 2.29. The van der Waals surface area contributed by atoms with E-state index < -0.39 is 6.10 Å². The first-order valence-corrected chi connectivity index (χ1v) is 5.55. The molecule has 5 heteroatoms. The summed E-state index contributed by atoms with van der Waals surface area (Å²) in [6.07, 6.45) is 0.129. The highest BCUT2D eigenvalue weighted by atomic mass is 16.3. The maximum atomic E-state index is 11.4. The van der Waals surface area contributed by atoms with Crippen LogP contribution in [0.2, 0.25) is 0 Å². The van der Waals surface area contributed by atoms with Gasteiger partial charge in [-0.2, -0.15) is 0 Å². The van der Waals surface area contributed by atoms with E-state index in [1.54, 1.807) is 0 Å². The molecule has 1 heterocycles. The quantitative estimate of drug-likeness (QED) is 0.622. The van der Waals surface area contributed by atoms with Crippen LogP contribution >= 0.6 is 0 Å². The van der Waals surface area contributed by atoms with Crippen molar-refractivity contribution in [3.05, 3.63) is 0 Å². The second kappa shape index (κ2) is 6.05. The fourth-order valence-electron chi connectivity index (χ4n) is 1.78. The van der Waals surface area contributed by atoms with Crippen LogP contribution in [0.25, 0.3) is 0 Å². The lowest BCUT2D eigenvalue weighted by molar-refractivity contribution is -0.132. The SMILES string of the molecule is CCC(=O)N1CCN(CC(O)CN)CC1. The van der Waals surface area contributed by atoms with Gasteiger partial charge in [-0.1, -0.05) is 6.92 Å². The average molecular weight is 215 g/mol. The predicted octanol–water partition coefficient (Wildman–Crippen LogP) is -1.14.